The Morgan fingerprint density at radius 1 is 0.694 bits per heavy atom. The number of aromatic nitrogens is 2. The highest BCUT2D eigenvalue weighted by molar-refractivity contribution is 6.05. The lowest BCUT2D eigenvalue weighted by Gasteiger charge is -2.06. The summed E-state index contributed by atoms with van der Waals surface area (Å²) in [6, 6.07) is 26.7. The van der Waals surface area contributed by atoms with Crippen molar-refractivity contribution in [1.29, 1.82) is 0 Å². The third kappa shape index (κ3) is 5.18. The molecule has 0 aliphatic heterocycles. The smallest absolute Gasteiger partial charge is 0.255 e. The Bertz CT molecular complexity index is 1540. The number of nitrogens with zero attached hydrogens (tertiary/aromatic N) is 1. The van der Waals surface area contributed by atoms with E-state index >= 15 is 0 Å². The summed E-state index contributed by atoms with van der Waals surface area (Å²) in [5.74, 6) is 0.391. The van der Waals surface area contributed by atoms with Crippen LogP contribution in [0.4, 0.5) is 22.7 Å². The van der Waals surface area contributed by atoms with Crippen molar-refractivity contribution in [1.82, 2.24) is 9.97 Å². The molecule has 0 spiro atoms. The van der Waals surface area contributed by atoms with Crippen molar-refractivity contribution in [2.24, 2.45) is 0 Å². The van der Waals surface area contributed by atoms with Crippen LogP contribution in [0.15, 0.2) is 91.0 Å². The molecule has 0 radical (unpaired) electrons. The first-order valence-electron chi connectivity index (χ1n) is 11.3. The van der Waals surface area contributed by atoms with E-state index in [2.05, 4.69) is 20.6 Å². The summed E-state index contributed by atoms with van der Waals surface area (Å²) in [6.45, 7) is 0. The van der Waals surface area contributed by atoms with Gasteiger partial charge in [0.2, 0.25) is 0 Å². The zero-order valence-corrected chi connectivity index (χ0v) is 19.3. The molecule has 178 valence electrons. The Morgan fingerprint density at radius 2 is 1.22 bits per heavy atom. The minimum absolute atomic E-state index is 0.195. The fourth-order valence-corrected chi connectivity index (χ4v) is 3.80. The summed E-state index contributed by atoms with van der Waals surface area (Å²) >= 11 is 0. The van der Waals surface area contributed by atoms with Crippen molar-refractivity contribution in [3.63, 3.8) is 0 Å². The minimum atomic E-state index is -0.210. The summed E-state index contributed by atoms with van der Waals surface area (Å²) in [5.41, 5.74) is 17.7. The molecule has 1 heterocycles. The van der Waals surface area contributed by atoms with Gasteiger partial charge in [-0.15, -0.1) is 0 Å². The van der Waals surface area contributed by atoms with Gasteiger partial charge < -0.3 is 27.1 Å². The van der Waals surface area contributed by atoms with E-state index in [1.165, 1.54) is 0 Å². The minimum Gasteiger partial charge on any atom is -0.399 e. The molecule has 1 aromatic heterocycles. The van der Waals surface area contributed by atoms with Gasteiger partial charge in [-0.1, -0.05) is 12.1 Å². The van der Waals surface area contributed by atoms with Crippen molar-refractivity contribution in [2.75, 3.05) is 22.1 Å². The van der Waals surface area contributed by atoms with Gasteiger partial charge in [0.15, 0.2) is 0 Å². The molecule has 0 fully saturated rings. The number of benzene rings is 4. The summed E-state index contributed by atoms with van der Waals surface area (Å²) < 4.78 is 0. The Labute approximate surface area is 207 Å². The molecule has 8 heteroatoms. The molecule has 0 unspecified atom stereocenters. The van der Waals surface area contributed by atoms with Crippen LogP contribution in [-0.2, 0) is 6.42 Å². The van der Waals surface area contributed by atoms with Gasteiger partial charge in [-0.2, -0.15) is 0 Å². The lowest BCUT2D eigenvalue weighted by Crippen LogP contribution is -2.11. The van der Waals surface area contributed by atoms with Crippen LogP contribution in [0, 0.1) is 0 Å². The molecule has 8 nitrogen and oxygen atoms in total. The molecule has 2 amide bonds. The van der Waals surface area contributed by atoms with Gasteiger partial charge in [-0.25, -0.2) is 4.98 Å². The first kappa shape index (κ1) is 22.7. The number of fused-ring (bicyclic) bond motifs is 1. The van der Waals surface area contributed by atoms with Crippen molar-refractivity contribution in [3.05, 3.63) is 114 Å². The molecule has 0 aliphatic carbocycles. The van der Waals surface area contributed by atoms with Gasteiger partial charge in [0.05, 0.1) is 11.0 Å². The van der Waals surface area contributed by atoms with Crippen LogP contribution >= 0.6 is 0 Å². The lowest BCUT2D eigenvalue weighted by molar-refractivity contribution is 0.101. The van der Waals surface area contributed by atoms with Crippen LogP contribution in [0.25, 0.3) is 11.0 Å². The van der Waals surface area contributed by atoms with Crippen LogP contribution < -0.4 is 22.1 Å². The quantitative estimate of drug-likeness (QED) is 0.224. The van der Waals surface area contributed by atoms with Gasteiger partial charge in [-0.3, -0.25) is 9.59 Å². The molecule has 4 aromatic carbocycles. The van der Waals surface area contributed by atoms with Gasteiger partial charge in [0, 0.05) is 40.3 Å². The Balaban J connectivity index is 1.23. The maximum Gasteiger partial charge on any atom is 0.255 e. The van der Waals surface area contributed by atoms with Crippen LogP contribution in [0.2, 0.25) is 0 Å². The lowest BCUT2D eigenvalue weighted by atomic mass is 10.1. The van der Waals surface area contributed by atoms with Crippen LogP contribution in [0.3, 0.4) is 0 Å². The van der Waals surface area contributed by atoms with Gasteiger partial charge in [0.1, 0.15) is 5.82 Å². The number of imidazole rings is 1. The maximum atomic E-state index is 12.5. The molecular formula is C28H24N6O2. The summed E-state index contributed by atoms with van der Waals surface area (Å²) in [6.07, 6.45) is 0.591. The van der Waals surface area contributed by atoms with E-state index in [1.807, 2.05) is 42.5 Å². The van der Waals surface area contributed by atoms with Gasteiger partial charge in [-0.05, 0) is 84.4 Å². The Kier molecular flexibility index (Phi) is 6.07. The third-order valence-electron chi connectivity index (χ3n) is 5.72. The second-order valence-corrected chi connectivity index (χ2v) is 8.44. The van der Waals surface area contributed by atoms with Crippen LogP contribution in [0.5, 0.6) is 0 Å². The number of nitrogens with two attached hydrogens (primary N) is 2. The second-order valence-electron chi connectivity index (χ2n) is 8.44. The number of hydrogen-bond acceptors (Lipinski definition) is 5. The first-order valence-corrected chi connectivity index (χ1v) is 11.3. The van der Waals surface area contributed by atoms with E-state index in [9.17, 15) is 9.59 Å². The predicted octanol–water partition coefficient (Wildman–Crippen LogP) is 4.82. The fourth-order valence-electron chi connectivity index (χ4n) is 3.80. The molecule has 0 aliphatic rings. The molecule has 5 rings (SSSR count). The molecule has 0 bridgehead atoms. The van der Waals surface area contributed by atoms with E-state index in [-0.39, 0.29) is 11.8 Å². The van der Waals surface area contributed by atoms with Crippen molar-refractivity contribution in [2.45, 2.75) is 6.42 Å². The highest BCUT2D eigenvalue weighted by Crippen LogP contribution is 2.20. The van der Waals surface area contributed by atoms with Gasteiger partial charge in [0.25, 0.3) is 11.8 Å². The van der Waals surface area contributed by atoms with Crippen molar-refractivity contribution < 1.29 is 9.59 Å². The van der Waals surface area contributed by atoms with E-state index in [4.69, 9.17) is 11.5 Å². The second kappa shape index (κ2) is 9.63. The molecule has 36 heavy (non-hydrogen) atoms. The van der Waals surface area contributed by atoms with Crippen molar-refractivity contribution in [3.8, 4) is 0 Å². The third-order valence-corrected chi connectivity index (χ3v) is 5.72. The van der Waals surface area contributed by atoms with Gasteiger partial charge >= 0.3 is 0 Å². The summed E-state index contributed by atoms with van der Waals surface area (Å²) in [7, 11) is 0. The number of amides is 2. The zero-order chi connectivity index (χ0) is 25.1. The van der Waals surface area contributed by atoms with E-state index in [0.29, 0.717) is 40.3 Å². The number of H-pyrrole nitrogens is 1. The van der Waals surface area contributed by atoms with Crippen LogP contribution in [-0.4, -0.2) is 21.8 Å². The average Bonchev–Trinajstić information content (AvgIpc) is 3.27. The van der Waals surface area contributed by atoms with E-state index < -0.39 is 0 Å². The fraction of sp³-hybridized carbons (Fsp3) is 0.0357. The molecule has 5 aromatic rings. The first-order chi connectivity index (χ1) is 17.4. The number of carbonyl (C=O) groups is 2. The Hall–Kier alpha value is -5.11. The standard InChI is InChI=1S/C28H24N6O2/c29-20-7-3-18(4-8-20)27(35)31-22-11-1-17(2-12-22)15-26-33-24-14-13-23(16-25(24)34-26)32-28(36)19-5-9-21(30)10-6-19/h1-14,16H,15,29-30H2,(H,31,35)(H,32,36)(H,33,34). The number of anilines is 4. The predicted molar refractivity (Wildman–Crippen MR) is 143 cm³/mol. The number of rotatable bonds is 6. The summed E-state index contributed by atoms with van der Waals surface area (Å²) in [4.78, 5) is 32.8. The maximum absolute atomic E-state index is 12.5. The molecule has 0 atom stereocenters. The number of nitrogens with one attached hydrogen (secondary N) is 3. The monoisotopic (exact) mass is 476 g/mol. The SMILES string of the molecule is Nc1ccc(C(=O)Nc2ccc(Cc3nc4ccc(NC(=O)c5ccc(N)cc5)cc4[nH]3)cc2)cc1. The average molecular weight is 477 g/mol. The highest BCUT2D eigenvalue weighted by atomic mass is 16.2. The topological polar surface area (TPSA) is 139 Å². The van der Waals surface area contributed by atoms with E-state index in [0.717, 1.165) is 22.4 Å². The normalized spacial score (nSPS) is 10.8. The highest BCUT2D eigenvalue weighted by Gasteiger charge is 2.10. The Morgan fingerprint density at radius 3 is 1.81 bits per heavy atom. The number of nitrogen functional groups attached to an aromatic ring is 2. The number of aromatic amines is 1. The molecular weight excluding hydrogens is 452 g/mol. The molecule has 0 saturated carbocycles. The van der Waals surface area contributed by atoms with Crippen LogP contribution in [0.1, 0.15) is 32.1 Å². The summed E-state index contributed by atoms with van der Waals surface area (Å²) in [5, 5.41) is 5.78. The largest absolute Gasteiger partial charge is 0.399 e. The molecule has 7 N–H and O–H groups in total. The molecule has 0 saturated heterocycles. The van der Waals surface area contributed by atoms with E-state index in [1.54, 1.807) is 48.5 Å². The zero-order valence-electron chi connectivity index (χ0n) is 19.3. The van der Waals surface area contributed by atoms with Crippen molar-refractivity contribution >= 4 is 45.6 Å². The number of hydrogen-bond donors (Lipinski definition) is 5. The number of carbonyl (C=O) groups excluding carboxylic acids is 2.